The van der Waals surface area contributed by atoms with Gasteiger partial charge in [0.15, 0.2) is 0 Å². The number of allylic oxidation sites excluding steroid dienone is 1. The van der Waals surface area contributed by atoms with Gasteiger partial charge in [0.2, 0.25) is 0 Å². The molecule has 1 saturated carbocycles. The van der Waals surface area contributed by atoms with E-state index < -0.39 is 11.5 Å². The number of nitriles is 1. The highest BCUT2D eigenvalue weighted by Crippen LogP contribution is 2.46. The van der Waals surface area contributed by atoms with Gasteiger partial charge in [0.1, 0.15) is 0 Å². The largest absolute Gasteiger partial charge is 0.269 e. The SMILES string of the molecule is CC1(C#N)CC(=C(F)F)C1. The summed E-state index contributed by atoms with van der Waals surface area (Å²) in [5, 5.41) is 8.43. The van der Waals surface area contributed by atoms with Crippen molar-refractivity contribution in [2.45, 2.75) is 19.8 Å². The van der Waals surface area contributed by atoms with Crippen molar-refractivity contribution in [3.63, 3.8) is 0 Å². The molecule has 0 bridgehead atoms. The van der Waals surface area contributed by atoms with Gasteiger partial charge in [-0.1, -0.05) is 0 Å². The van der Waals surface area contributed by atoms with E-state index in [1.165, 1.54) is 0 Å². The third-order valence-electron chi connectivity index (χ3n) is 1.74. The molecule has 0 aromatic rings. The van der Waals surface area contributed by atoms with E-state index in [1.54, 1.807) is 6.92 Å². The summed E-state index contributed by atoms with van der Waals surface area (Å²) in [6.45, 7) is 1.69. The van der Waals surface area contributed by atoms with Gasteiger partial charge in [0.05, 0.1) is 11.5 Å². The van der Waals surface area contributed by atoms with Crippen molar-refractivity contribution >= 4 is 0 Å². The second kappa shape index (κ2) is 2.05. The fourth-order valence-electron chi connectivity index (χ4n) is 1.10. The molecule has 0 heterocycles. The Labute approximate surface area is 58.0 Å². The summed E-state index contributed by atoms with van der Waals surface area (Å²) < 4.78 is 23.5. The van der Waals surface area contributed by atoms with Crippen LogP contribution in [0, 0.1) is 16.7 Å². The zero-order valence-electron chi connectivity index (χ0n) is 5.62. The topological polar surface area (TPSA) is 23.8 Å². The summed E-state index contributed by atoms with van der Waals surface area (Å²) in [5.74, 6) is 0. The quantitative estimate of drug-likeness (QED) is 0.511. The maximum absolute atomic E-state index is 11.7. The first-order valence-electron chi connectivity index (χ1n) is 3.02. The number of hydrogen-bond acceptors (Lipinski definition) is 1. The average molecular weight is 143 g/mol. The number of rotatable bonds is 0. The third-order valence-corrected chi connectivity index (χ3v) is 1.74. The summed E-state index contributed by atoms with van der Waals surface area (Å²) in [5.41, 5.74) is -0.372. The monoisotopic (exact) mass is 143 g/mol. The van der Waals surface area contributed by atoms with Crippen LogP contribution in [0.5, 0.6) is 0 Å². The van der Waals surface area contributed by atoms with Crippen LogP contribution < -0.4 is 0 Å². The highest BCUT2D eigenvalue weighted by atomic mass is 19.3. The van der Waals surface area contributed by atoms with Gasteiger partial charge in [-0.25, -0.2) is 0 Å². The molecule has 0 saturated heterocycles. The molecular weight excluding hydrogens is 136 g/mol. The maximum Gasteiger partial charge on any atom is 0.269 e. The Kier molecular flexibility index (Phi) is 1.47. The van der Waals surface area contributed by atoms with Crippen LogP contribution in [0.25, 0.3) is 0 Å². The van der Waals surface area contributed by atoms with Crippen LogP contribution in [-0.4, -0.2) is 0 Å². The normalized spacial score (nSPS) is 30.8. The number of halogens is 2. The van der Waals surface area contributed by atoms with Gasteiger partial charge >= 0.3 is 0 Å². The molecule has 0 spiro atoms. The Bertz CT molecular complexity index is 212. The third kappa shape index (κ3) is 1.02. The molecular formula is C7H7F2N. The average Bonchev–Trinajstić information content (AvgIpc) is 1.80. The van der Waals surface area contributed by atoms with Crippen molar-refractivity contribution in [1.29, 1.82) is 5.26 Å². The van der Waals surface area contributed by atoms with Crippen molar-refractivity contribution in [1.82, 2.24) is 0 Å². The molecule has 1 aliphatic rings. The van der Waals surface area contributed by atoms with Crippen LogP contribution in [0.2, 0.25) is 0 Å². The molecule has 1 rings (SSSR count). The molecule has 0 unspecified atom stereocenters. The van der Waals surface area contributed by atoms with Gasteiger partial charge in [-0.3, -0.25) is 0 Å². The zero-order valence-corrected chi connectivity index (χ0v) is 5.62. The fourth-order valence-corrected chi connectivity index (χ4v) is 1.10. The summed E-state index contributed by atoms with van der Waals surface area (Å²) in [6, 6.07) is 2.00. The maximum atomic E-state index is 11.7. The molecule has 1 nitrogen and oxygen atoms in total. The predicted octanol–water partition coefficient (Wildman–Crippen LogP) is 2.46. The van der Waals surface area contributed by atoms with E-state index >= 15 is 0 Å². The minimum atomic E-state index is -1.60. The lowest BCUT2D eigenvalue weighted by atomic mass is 9.68. The van der Waals surface area contributed by atoms with Gasteiger partial charge in [0, 0.05) is 0 Å². The Balaban J connectivity index is 2.62. The van der Waals surface area contributed by atoms with Crippen LogP contribution in [-0.2, 0) is 0 Å². The summed E-state index contributed by atoms with van der Waals surface area (Å²) in [6.07, 6.45) is -1.12. The van der Waals surface area contributed by atoms with E-state index in [2.05, 4.69) is 0 Å². The molecule has 10 heavy (non-hydrogen) atoms. The Morgan fingerprint density at radius 1 is 1.60 bits per heavy atom. The molecule has 0 radical (unpaired) electrons. The van der Waals surface area contributed by atoms with E-state index in [9.17, 15) is 8.78 Å². The Morgan fingerprint density at radius 3 is 2.40 bits per heavy atom. The number of hydrogen-bond donors (Lipinski definition) is 0. The second-order valence-corrected chi connectivity index (χ2v) is 2.89. The Hall–Kier alpha value is -0.910. The van der Waals surface area contributed by atoms with Crippen LogP contribution in [0.1, 0.15) is 19.8 Å². The van der Waals surface area contributed by atoms with E-state index in [1.807, 2.05) is 6.07 Å². The lowest BCUT2D eigenvalue weighted by Gasteiger charge is -2.32. The minimum absolute atomic E-state index is 0.143. The standard InChI is InChI=1S/C7H7F2N/c1-7(4-10)2-5(3-7)6(8)9/h2-3H2,1H3. The Morgan fingerprint density at radius 2 is 2.10 bits per heavy atom. The van der Waals surface area contributed by atoms with Crippen LogP contribution in [0.15, 0.2) is 11.7 Å². The predicted molar refractivity (Wildman–Crippen MR) is 32.2 cm³/mol. The molecule has 0 aromatic heterocycles. The number of nitrogens with zero attached hydrogens (tertiary/aromatic N) is 1. The first-order valence-corrected chi connectivity index (χ1v) is 3.02. The first-order chi connectivity index (χ1) is 4.57. The molecule has 3 heteroatoms. The van der Waals surface area contributed by atoms with Crippen molar-refractivity contribution in [2.24, 2.45) is 5.41 Å². The van der Waals surface area contributed by atoms with E-state index in [4.69, 9.17) is 5.26 Å². The highest BCUT2D eigenvalue weighted by molar-refractivity contribution is 5.24. The second-order valence-electron chi connectivity index (χ2n) is 2.89. The zero-order chi connectivity index (χ0) is 7.78. The summed E-state index contributed by atoms with van der Waals surface area (Å²) in [7, 11) is 0. The molecule has 0 aromatic carbocycles. The lowest BCUT2D eigenvalue weighted by Crippen LogP contribution is -2.26. The molecule has 0 aliphatic heterocycles. The fraction of sp³-hybridized carbons (Fsp3) is 0.571. The van der Waals surface area contributed by atoms with Gasteiger partial charge in [0.25, 0.3) is 6.08 Å². The van der Waals surface area contributed by atoms with Crippen molar-refractivity contribution in [2.75, 3.05) is 0 Å². The molecule has 0 N–H and O–H groups in total. The van der Waals surface area contributed by atoms with Gasteiger partial charge in [-0.05, 0) is 25.3 Å². The van der Waals surface area contributed by atoms with Crippen molar-refractivity contribution in [3.05, 3.63) is 11.7 Å². The molecule has 1 fully saturated rings. The minimum Gasteiger partial charge on any atom is -0.198 e. The van der Waals surface area contributed by atoms with Crippen LogP contribution in [0.3, 0.4) is 0 Å². The van der Waals surface area contributed by atoms with Crippen molar-refractivity contribution < 1.29 is 8.78 Å². The summed E-state index contributed by atoms with van der Waals surface area (Å²) >= 11 is 0. The lowest BCUT2D eigenvalue weighted by molar-refractivity contribution is 0.292. The molecule has 0 amide bonds. The highest BCUT2D eigenvalue weighted by Gasteiger charge is 2.38. The first kappa shape index (κ1) is 7.20. The van der Waals surface area contributed by atoms with E-state index in [0.717, 1.165) is 0 Å². The van der Waals surface area contributed by atoms with Crippen LogP contribution in [0.4, 0.5) is 8.78 Å². The van der Waals surface area contributed by atoms with Crippen LogP contribution >= 0.6 is 0 Å². The van der Waals surface area contributed by atoms with Gasteiger partial charge in [-0.2, -0.15) is 14.0 Å². The summed E-state index contributed by atoms with van der Waals surface area (Å²) in [4.78, 5) is 0. The molecule has 54 valence electrons. The van der Waals surface area contributed by atoms with E-state index in [0.29, 0.717) is 0 Å². The van der Waals surface area contributed by atoms with Crippen molar-refractivity contribution in [3.8, 4) is 6.07 Å². The van der Waals surface area contributed by atoms with E-state index in [-0.39, 0.29) is 18.4 Å². The molecule has 1 aliphatic carbocycles. The van der Waals surface area contributed by atoms with Gasteiger partial charge in [-0.15, -0.1) is 0 Å². The van der Waals surface area contributed by atoms with Gasteiger partial charge < -0.3 is 0 Å². The molecule has 0 atom stereocenters. The smallest absolute Gasteiger partial charge is 0.198 e.